The van der Waals surface area contributed by atoms with Crippen molar-refractivity contribution >= 4 is 26.8 Å². The molecule has 2 aromatic rings. The molecule has 0 aliphatic heterocycles. The van der Waals surface area contributed by atoms with Gasteiger partial charge in [-0.2, -0.15) is 0 Å². The Bertz CT molecular complexity index is 580. The Morgan fingerprint density at radius 2 is 2.18 bits per heavy atom. The minimum atomic E-state index is -0.0274. The van der Waals surface area contributed by atoms with Gasteiger partial charge in [0.1, 0.15) is 0 Å². The molecular weight excluding hydrogens is 284 g/mol. The van der Waals surface area contributed by atoms with Crippen LogP contribution in [-0.2, 0) is 6.54 Å². The third-order valence-electron chi connectivity index (χ3n) is 2.59. The van der Waals surface area contributed by atoms with E-state index in [9.17, 15) is 4.79 Å². The van der Waals surface area contributed by atoms with Crippen LogP contribution in [0.25, 0.3) is 10.9 Å². The van der Waals surface area contributed by atoms with E-state index >= 15 is 0 Å². The van der Waals surface area contributed by atoms with Crippen LogP contribution in [0, 0.1) is 0 Å². The Hall–Kier alpha value is -1.20. The number of hydrogen-bond donors (Lipinski definition) is 1. The monoisotopic (exact) mass is 296 g/mol. The summed E-state index contributed by atoms with van der Waals surface area (Å²) in [6, 6.07) is 5.44. The molecule has 0 saturated carbocycles. The molecule has 0 fully saturated rings. The van der Waals surface area contributed by atoms with E-state index in [-0.39, 0.29) is 12.2 Å². The van der Waals surface area contributed by atoms with Crippen molar-refractivity contribution in [2.75, 3.05) is 6.61 Å². The molecule has 1 aromatic heterocycles. The molecule has 0 bridgehead atoms. The molecule has 0 amide bonds. The van der Waals surface area contributed by atoms with E-state index in [1.165, 1.54) is 0 Å². The van der Waals surface area contributed by atoms with E-state index in [0.717, 1.165) is 10.9 Å². The summed E-state index contributed by atoms with van der Waals surface area (Å²) in [4.78, 5) is 16.3. The number of aromatic nitrogens is 2. The minimum Gasteiger partial charge on any atom is -0.396 e. The van der Waals surface area contributed by atoms with Crippen LogP contribution in [-0.4, -0.2) is 21.3 Å². The summed E-state index contributed by atoms with van der Waals surface area (Å²) in [5.41, 5.74) is 0.670. The molecule has 0 aliphatic carbocycles. The first-order valence-corrected chi connectivity index (χ1v) is 6.27. The van der Waals surface area contributed by atoms with Crippen LogP contribution in [0.3, 0.4) is 0 Å². The number of rotatable bonds is 4. The van der Waals surface area contributed by atoms with Crippen LogP contribution in [0.1, 0.15) is 12.8 Å². The van der Waals surface area contributed by atoms with E-state index < -0.39 is 0 Å². The predicted molar refractivity (Wildman–Crippen MR) is 70.0 cm³/mol. The highest BCUT2D eigenvalue weighted by Crippen LogP contribution is 2.14. The number of fused-ring (bicyclic) bond motifs is 1. The third-order valence-corrected chi connectivity index (χ3v) is 3.09. The molecule has 1 N–H and O–H groups in total. The van der Waals surface area contributed by atoms with E-state index in [1.54, 1.807) is 17.0 Å². The summed E-state index contributed by atoms with van der Waals surface area (Å²) in [5, 5.41) is 9.33. The zero-order valence-corrected chi connectivity index (χ0v) is 10.9. The third kappa shape index (κ3) is 2.73. The molecule has 17 heavy (non-hydrogen) atoms. The van der Waals surface area contributed by atoms with Crippen LogP contribution >= 0.6 is 15.9 Å². The van der Waals surface area contributed by atoms with E-state index in [2.05, 4.69) is 20.9 Å². The van der Waals surface area contributed by atoms with Crippen LogP contribution in [0.15, 0.2) is 33.8 Å². The van der Waals surface area contributed by atoms with E-state index in [1.807, 2.05) is 12.1 Å². The summed E-state index contributed by atoms with van der Waals surface area (Å²) in [7, 11) is 0. The quantitative estimate of drug-likeness (QED) is 0.877. The van der Waals surface area contributed by atoms with Crippen molar-refractivity contribution in [3.63, 3.8) is 0 Å². The summed E-state index contributed by atoms with van der Waals surface area (Å²) in [5.74, 6) is 0. The summed E-state index contributed by atoms with van der Waals surface area (Å²) in [6.07, 6.45) is 3.04. The number of aliphatic hydroxyl groups is 1. The highest BCUT2D eigenvalue weighted by molar-refractivity contribution is 9.10. The Balaban J connectivity index is 2.37. The maximum Gasteiger partial charge on any atom is 0.261 e. The summed E-state index contributed by atoms with van der Waals surface area (Å²) >= 11 is 3.35. The molecule has 0 atom stereocenters. The van der Waals surface area contributed by atoms with Gasteiger partial charge in [0.15, 0.2) is 0 Å². The van der Waals surface area contributed by atoms with Crippen LogP contribution in [0.2, 0.25) is 0 Å². The van der Waals surface area contributed by atoms with Crippen molar-refractivity contribution in [1.82, 2.24) is 9.55 Å². The molecule has 5 heteroatoms. The average Bonchev–Trinajstić information content (AvgIpc) is 2.32. The summed E-state index contributed by atoms with van der Waals surface area (Å²) in [6.45, 7) is 0.751. The Morgan fingerprint density at radius 1 is 1.35 bits per heavy atom. The highest BCUT2D eigenvalue weighted by Gasteiger charge is 2.03. The van der Waals surface area contributed by atoms with Gasteiger partial charge in [-0.15, -0.1) is 0 Å². The van der Waals surface area contributed by atoms with Crippen molar-refractivity contribution in [2.24, 2.45) is 0 Å². The van der Waals surface area contributed by atoms with Gasteiger partial charge in [-0.3, -0.25) is 9.36 Å². The van der Waals surface area contributed by atoms with Crippen molar-refractivity contribution in [3.8, 4) is 0 Å². The van der Waals surface area contributed by atoms with Gasteiger partial charge in [0, 0.05) is 17.6 Å². The Labute approximate surface area is 107 Å². The number of aryl methyl sites for hydroxylation is 1. The lowest BCUT2D eigenvalue weighted by molar-refractivity contribution is 0.281. The molecule has 0 saturated heterocycles. The first-order chi connectivity index (χ1) is 8.22. The second-order valence-electron chi connectivity index (χ2n) is 3.84. The minimum absolute atomic E-state index is 0.0274. The SMILES string of the molecule is O=c1c2ccc(Br)cc2ncn1CCCCO. The maximum atomic E-state index is 12.1. The number of unbranched alkanes of at least 4 members (excludes halogenated alkanes) is 1. The first kappa shape index (κ1) is 12.3. The zero-order valence-electron chi connectivity index (χ0n) is 9.27. The first-order valence-electron chi connectivity index (χ1n) is 5.48. The standard InChI is InChI=1S/C12H13BrN2O2/c13-9-3-4-10-11(7-9)14-8-15(12(10)17)5-1-2-6-16/h3-4,7-8,16H,1-2,5-6H2. The maximum absolute atomic E-state index is 12.1. The molecule has 0 spiro atoms. The molecule has 2 rings (SSSR count). The molecule has 4 nitrogen and oxygen atoms in total. The fourth-order valence-corrected chi connectivity index (χ4v) is 2.03. The number of aliphatic hydroxyl groups excluding tert-OH is 1. The van der Waals surface area contributed by atoms with Gasteiger partial charge in [-0.05, 0) is 31.0 Å². The Morgan fingerprint density at radius 3 is 2.94 bits per heavy atom. The van der Waals surface area contributed by atoms with Gasteiger partial charge in [-0.1, -0.05) is 15.9 Å². The van der Waals surface area contributed by atoms with Crippen LogP contribution in [0.5, 0.6) is 0 Å². The predicted octanol–water partition coefficient (Wildman–Crippen LogP) is 1.93. The average molecular weight is 297 g/mol. The van der Waals surface area contributed by atoms with Gasteiger partial charge < -0.3 is 5.11 Å². The smallest absolute Gasteiger partial charge is 0.261 e. The van der Waals surface area contributed by atoms with Crippen molar-refractivity contribution in [3.05, 3.63) is 39.4 Å². The lowest BCUT2D eigenvalue weighted by Gasteiger charge is -2.05. The molecule has 0 aliphatic rings. The number of benzene rings is 1. The van der Waals surface area contributed by atoms with E-state index in [0.29, 0.717) is 23.9 Å². The Kier molecular flexibility index (Phi) is 3.91. The van der Waals surface area contributed by atoms with Crippen molar-refractivity contribution < 1.29 is 5.11 Å². The second kappa shape index (κ2) is 5.42. The van der Waals surface area contributed by atoms with Gasteiger partial charge in [0.25, 0.3) is 5.56 Å². The molecule has 0 unspecified atom stereocenters. The fraction of sp³-hybridized carbons (Fsp3) is 0.333. The van der Waals surface area contributed by atoms with Crippen molar-refractivity contribution in [1.29, 1.82) is 0 Å². The molecule has 90 valence electrons. The topological polar surface area (TPSA) is 55.1 Å². The van der Waals surface area contributed by atoms with Crippen molar-refractivity contribution in [2.45, 2.75) is 19.4 Å². The van der Waals surface area contributed by atoms with E-state index in [4.69, 9.17) is 5.11 Å². The number of hydrogen-bond acceptors (Lipinski definition) is 3. The molecule has 0 radical (unpaired) electrons. The normalized spacial score (nSPS) is 10.9. The number of nitrogens with zero attached hydrogens (tertiary/aromatic N) is 2. The fourth-order valence-electron chi connectivity index (χ4n) is 1.68. The van der Waals surface area contributed by atoms with Gasteiger partial charge in [-0.25, -0.2) is 4.98 Å². The van der Waals surface area contributed by atoms with Crippen LogP contribution < -0.4 is 5.56 Å². The number of halogens is 1. The lowest BCUT2D eigenvalue weighted by Crippen LogP contribution is -2.20. The molecule has 1 aromatic carbocycles. The highest BCUT2D eigenvalue weighted by atomic mass is 79.9. The molecular formula is C12H13BrN2O2. The largest absolute Gasteiger partial charge is 0.396 e. The van der Waals surface area contributed by atoms with Gasteiger partial charge >= 0.3 is 0 Å². The second-order valence-corrected chi connectivity index (χ2v) is 4.75. The van der Waals surface area contributed by atoms with Gasteiger partial charge in [0.2, 0.25) is 0 Å². The zero-order chi connectivity index (χ0) is 12.3. The summed E-state index contributed by atoms with van der Waals surface area (Å²) < 4.78 is 2.50. The molecule has 1 heterocycles. The van der Waals surface area contributed by atoms with Gasteiger partial charge in [0.05, 0.1) is 17.2 Å². The lowest BCUT2D eigenvalue weighted by atomic mass is 10.2. The van der Waals surface area contributed by atoms with Crippen LogP contribution in [0.4, 0.5) is 0 Å².